The van der Waals surface area contributed by atoms with E-state index in [-0.39, 0.29) is 0 Å². The third-order valence-corrected chi connectivity index (χ3v) is 5.50. The minimum Gasteiger partial charge on any atom is -0.498 e. The van der Waals surface area contributed by atoms with Crippen molar-refractivity contribution >= 4 is 0 Å². The average Bonchev–Trinajstić information content (AvgIpc) is 2.67. The van der Waals surface area contributed by atoms with E-state index in [2.05, 4.69) is 38.1 Å². The Morgan fingerprint density at radius 2 is 1.88 bits per heavy atom. The smallest absolute Gasteiger partial charge is 0.0991 e. The van der Waals surface area contributed by atoms with Crippen molar-refractivity contribution in [3.8, 4) is 6.07 Å². The van der Waals surface area contributed by atoms with E-state index >= 15 is 0 Å². The van der Waals surface area contributed by atoms with Crippen LogP contribution in [0.1, 0.15) is 88.7 Å². The number of hydrogen-bond donors (Lipinski definition) is 0. The maximum absolute atomic E-state index is 8.92. The molecule has 0 amide bonds. The highest BCUT2D eigenvalue weighted by Gasteiger charge is 2.24. The summed E-state index contributed by atoms with van der Waals surface area (Å²) in [6, 6.07) is 10.4. The minimum atomic E-state index is 0.370. The molecule has 0 aromatic heterocycles. The van der Waals surface area contributed by atoms with Crippen molar-refractivity contribution in [2.24, 2.45) is 5.92 Å². The van der Waals surface area contributed by atoms with Gasteiger partial charge in [0.15, 0.2) is 0 Å². The van der Waals surface area contributed by atoms with Gasteiger partial charge in [-0.15, -0.1) is 0 Å². The van der Waals surface area contributed by atoms with Gasteiger partial charge in [-0.25, -0.2) is 0 Å². The predicted octanol–water partition coefficient (Wildman–Crippen LogP) is 6.72. The lowest BCUT2D eigenvalue weighted by atomic mass is 9.76. The van der Waals surface area contributed by atoms with Gasteiger partial charge in [-0.3, -0.25) is 0 Å². The van der Waals surface area contributed by atoms with E-state index in [4.69, 9.17) is 10.00 Å². The third kappa shape index (κ3) is 6.58. The van der Waals surface area contributed by atoms with E-state index < -0.39 is 0 Å². The molecule has 0 spiro atoms. The summed E-state index contributed by atoms with van der Waals surface area (Å²) in [6.07, 6.45) is 15.5. The highest BCUT2D eigenvalue weighted by molar-refractivity contribution is 5.33. The van der Waals surface area contributed by atoms with Crippen molar-refractivity contribution in [1.82, 2.24) is 0 Å². The van der Waals surface area contributed by atoms with Crippen LogP contribution in [0.5, 0.6) is 0 Å². The molecule has 0 heterocycles. The summed E-state index contributed by atoms with van der Waals surface area (Å²) in [5.74, 6) is 1.46. The lowest BCUT2D eigenvalue weighted by Gasteiger charge is -2.30. The zero-order valence-corrected chi connectivity index (χ0v) is 15.9. The molecule has 2 heteroatoms. The number of ether oxygens (including phenoxy) is 1. The molecule has 1 saturated carbocycles. The van der Waals surface area contributed by atoms with E-state index in [9.17, 15) is 0 Å². The van der Waals surface area contributed by atoms with Gasteiger partial charge in [0.1, 0.15) is 0 Å². The van der Waals surface area contributed by atoms with Gasteiger partial charge in [0.25, 0.3) is 0 Å². The molecule has 136 valence electrons. The Labute approximate surface area is 153 Å². The molecular weight excluding hydrogens is 306 g/mol. The summed E-state index contributed by atoms with van der Waals surface area (Å²) in [4.78, 5) is 0. The van der Waals surface area contributed by atoms with Crippen molar-refractivity contribution in [1.29, 1.82) is 5.26 Å². The molecule has 25 heavy (non-hydrogen) atoms. The zero-order valence-electron chi connectivity index (χ0n) is 15.9. The lowest BCUT2D eigenvalue weighted by Crippen LogP contribution is -2.19. The Kier molecular flexibility index (Phi) is 8.60. The monoisotopic (exact) mass is 339 g/mol. The van der Waals surface area contributed by atoms with Crippen molar-refractivity contribution in [3.05, 3.63) is 47.7 Å². The Morgan fingerprint density at radius 3 is 2.48 bits per heavy atom. The third-order valence-electron chi connectivity index (χ3n) is 5.50. The first-order valence-corrected chi connectivity index (χ1v) is 10.1. The maximum Gasteiger partial charge on any atom is 0.0991 e. The van der Waals surface area contributed by atoms with Gasteiger partial charge in [0.05, 0.1) is 24.0 Å². The van der Waals surface area contributed by atoms with E-state index in [1.54, 1.807) is 0 Å². The molecule has 1 fully saturated rings. The molecule has 0 radical (unpaired) electrons. The Hall–Kier alpha value is -1.75. The van der Waals surface area contributed by atoms with Crippen LogP contribution in [0.15, 0.2) is 36.6 Å². The van der Waals surface area contributed by atoms with Crippen LogP contribution in [0.3, 0.4) is 0 Å². The van der Waals surface area contributed by atoms with Crippen molar-refractivity contribution in [3.63, 3.8) is 0 Å². The van der Waals surface area contributed by atoms with Gasteiger partial charge < -0.3 is 4.74 Å². The van der Waals surface area contributed by atoms with Gasteiger partial charge in [-0.2, -0.15) is 5.26 Å². The number of nitriles is 1. The Morgan fingerprint density at radius 1 is 1.16 bits per heavy atom. The SMILES string of the molecule is CCCCC=COC(CC)CC1CCC(c2ccc(C#N)cc2)CC1. The molecule has 2 rings (SSSR count). The van der Waals surface area contributed by atoms with E-state index in [1.807, 2.05) is 18.4 Å². The first-order valence-electron chi connectivity index (χ1n) is 10.1. The fourth-order valence-electron chi connectivity index (χ4n) is 3.81. The van der Waals surface area contributed by atoms with Crippen LogP contribution in [0.4, 0.5) is 0 Å². The second-order valence-electron chi connectivity index (χ2n) is 7.37. The Balaban J connectivity index is 1.74. The summed E-state index contributed by atoms with van der Waals surface area (Å²) in [6.45, 7) is 4.45. The van der Waals surface area contributed by atoms with Crippen molar-refractivity contribution in [2.75, 3.05) is 0 Å². The van der Waals surface area contributed by atoms with Crippen molar-refractivity contribution < 1.29 is 4.74 Å². The summed E-state index contributed by atoms with van der Waals surface area (Å²) in [5, 5.41) is 8.92. The van der Waals surface area contributed by atoms with Crippen LogP contribution in [0.2, 0.25) is 0 Å². The standard InChI is InChI=1S/C23H33NO/c1-3-5-6-7-16-25-23(4-2)17-19-8-12-21(13-9-19)22-14-10-20(18-24)11-15-22/h7,10-11,14-16,19,21,23H,3-6,8-9,12-13,17H2,1-2H3. The first-order chi connectivity index (χ1) is 12.3. The highest BCUT2D eigenvalue weighted by Crippen LogP contribution is 2.38. The molecule has 1 aliphatic carbocycles. The first kappa shape index (κ1) is 19.6. The van der Waals surface area contributed by atoms with Crippen LogP contribution in [0.25, 0.3) is 0 Å². The number of nitrogens with zero attached hydrogens (tertiary/aromatic N) is 1. The van der Waals surface area contributed by atoms with Gasteiger partial charge in [-0.05, 0) is 87.0 Å². The molecular formula is C23H33NO. The average molecular weight is 340 g/mol. The molecule has 0 saturated heterocycles. The molecule has 0 bridgehead atoms. The molecule has 1 aliphatic rings. The van der Waals surface area contributed by atoms with Gasteiger partial charge in [0, 0.05) is 0 Å². The second kappa shape index (κ2) is 11.0. The maximum atomic E-state index is 8.92. The number of allylic oxidation sites excluding steroid dienone is 1. The fourth-order valence-corrected chi connectivity index (χ4v) is 3.81. The Bertz CT molecular complexity index is 546. The molecule has 1 unspecified atom stereocenters. The molecule has 1 aromatic carbocycles. The largest absolute Gasteiger partial charge is 0.498 e. The highest BCUT2D eigenvalue weighted by atomic mass is 16.5. The lowest BCUT2D eigenvalue weighted by molar-refractivity contribution is 0.102. The zero-order chi connectivity index (χ0) is 17.9. The predicted molar refractivity (Wildman–Crippen MR) is 104 cm³/mol. The van der Waals surface area contributed by atoms with E-state index in [0.717, 1.165) is 24.3 Å². The minimum absolute atomic E-state index is 0.370. The van der Waals surface area contributed by atoms with E-state index in [1.165, 1.54) is 50.5 Å². The number of rotatable bonds is 9. The molecule has 2 nitrogen and oxygen atoms in total. The quantitative estimate of drug-likeness (QED) is 0.369. The normalized spacial score (nSPS) is 21.8. The number of hydrogen-bond acceptors (Lipinski definition) is 2. The fraction of sp³-hybridized carbons (Fsp3) is 0.609. The molecule has 1 atom stereocenters. The van der Waals surface area contributed by atoms with Gasteiger partial charge in [0.2, 0.25) is 0 Å². The van der Waals surface area contributed by atoms with Crippen LogP contribution >= 0.6 is 0 Å². The van der Waals surface area contributed by atoms with Crippen LogP contribution in [0, 0.1) is 17.2 Å². The van der Waals surface area contributed by atoms with Gasteiger partial charge >= 0.3 is 0 Å². The van der Waals surface area contributed by atoms with Crippen LogP contribution < -0.4 is 0 Å². The molecule has 0 aliphatic heterocycles. The summed E-state index contributed by atoms with van der Waals surface area (Å²) in [7, 11) is 0. The molecule has 0 N–H and O–H groups in total. The summed E-state index contributed by atoms with van der Waals surface area (Å²) < 4.78 is 5.97. The molecule has 1 aromatic rings. The summed E-state index contributed by atoms with van der Waals surface area (Å²) >= 11 is 0. The van der Waals surface area contributed by atoms with Crippen LogP contribution in [-0.2, 0) is 4.74 Å². The number of benzene rings is 1. The second-order valence-corrected chi connectivity index (χ2v) is 7.37. The van der Waals surface area contributed by atoms with Crippen LogP contribution in [-0.4, -0.2) is 6.10 Å². The van der Waals surface area contributed by atoms with E-state index in [0.29, 0.717) is 12.0 Å². The topological polar surface area (TPSA) is 33.0 Å². The number of unbranched alkanes of at least 4 members (excludes halogenated alkanes) is 2. The summed E-state index contributed by atoms with van der Waals surface area (Å²) in [5.41, 5.74) is 2.16. The van der Waals surface area contributed by atoms with Gasteiger partial charge in [-0.1, -0.05) is 32.4 Å². The van der Waals surface area contributed by atoms with Crippen molar-refractivity contribution in [2.45, 2.75) is 83.7 Å².